The van der Waals surface area contributed by atoms with Crippen LogP contribution in [-0.2, 0) is 27.7 Å². The van der Waals surface area contributed by atoms with Crippen LogP contribution < -0.4 is 5.32 Å². The van der Waals surface area contributed by atoms with Gasteiger partial charge in [0.05, 0.1) is 18.1 Å². The number of aryl methyl sites for hydroxylation is 1. The van der Waals surface area contributed by atoms with E-state index in [0.29, 0.717) is 12.3 Å². The second-order valence-corrected chi connectivity index (χ2v) is 9.25. The molecule has 1 aromatic heterocycles. The van der Waals surface area contributed by atoms with Gasteiger partial charge in [0.1, 0.15) is 6.33 Å². The lowest BCUT2D eigenvalue weighted by Crippen LogP contribution is -2.45. The van der Waals surface area contributed by atoms with Crippen molar-refractivity contribution in [3.63, 3.8) is 0 Å². The van der Waals surface area contributed by atoms with Crippen LogP contribution in [0.15, 0.2) is 6.33 Å². The first-order valence-electron chi connectivity index (χ1n) is 9.07. The first-order valence-corrected chi connectivity index (χ1v) is 10.9. The van der Waals surface area contributed by atoms with Crippen LogP contribution in [0.1, 0.15) is 38.4 Å². The van der Waals surface area contributed by atoms with Crippen molar-refractivity contribution >= 4 is 15.7 Å². The smallest absolute Gasteiger partial charge is 0.223 e. The predicted molar refractivity (Wildman–Crippen MR) is 93.5 cm³/mol. The number of piperidine rings is 1. The van der Waals surface area contributed by atoms with Gasteiger partial charge >= 0.3 is 0 Å². The molecule has 0 spiro atoms. The van der Waals surface area contributed by atoms with E-state index in [0.717, 1.165) is 51.1 Å². The van der Waals surface area contributed by atoms with Gasteiger partial charge in [0.2, 0.25) is 5.91 Å². The minimum atomic E-state index is -2.85. The standard InChI is InChI=1S/C16H27N5O3S/c1-2-6-21-12-18-19-15(21)10-17-16(22)13-3-7-20(8-4-13)14-5-9-25(23,24)11-14/h12-14H,2-11H2,1H3,(H,17,22)/t14-/m0/s1. The molecule has 0 aliphatic carbocycles. The van der Waals surface area contributed by atoms with E-state index in [1.54, 1.807) is 6.33 Å². The average Bonchev–Trinajstić information content (AvgIpc) is 3.19. The Morgan fingerprint density at radius 1 is 1.32 bits per heavy atom. The van der Waals surface area contributed by atoms with Gasteiger partial charge in [0, 0.05) is 18.5 Å². The van der Waals surface area contributed by atoms with Crippen molar-refractivity contribution in [3.8, 4) is 0 Å². The largest absolute Gasteiger partial charge is 0.349 e. The molecule has 1 aromatic rings. The second kappa shape index (κ2) is 7.82. The summed E-state index contributed by atoms with van der Waals surface area (Å²) >= 11 is 0. The highest BCUT2D eigenvalue weighted by Gasteiger charge is 2.35. The molecule has 2 fully saturated rings. The number of sulfone groups is 1. The van der Waals surface area contributed by atoms with Gasteiger partial charge in [-0.25, -0.2) is 8.42 Å². The fraction of sp³-hybridized carbons (Fsp3) is 0.812. The number of aromatic nitrogens is 3. The molecule has 0 radical (unpaired) electrons. The Balaban J connectivity index is 1.45. The molecule has 0 unspecified atom stereocenters. The summed E-state index contributed by atoms with van der Waals surface area (Å²) in [7, 11) is -2.85. The normalized spacial score (nSPS) is 24.4. The molecule has 2 saturated heterocycles. The van der Waals surface area contributed by atoms with Gasteiger partial charge in [-0.2, -0.15) is 0 Å². The fourth-order valence-electron chi connectivity index (χ4n) is 3.74. The molecule has 3 rings (SSSR count). The summed E-state index contributed by atoms with van der Waals surface area (Å²) in [6.07, 6.45) is 4.98. The lowest BCUT2D eigenvalue weighted by atomic mass is 9.94. The molecule has 1 amide bonds. The molecule has 0 saturated carbocycles. The minimum absolute atomic E-state index is 0.00296. The first-order chi connectivity index (χ1) is 12.0. The van der Waals surface area contributed by atoms with E-state index in [9.17, 15) is 13.2 Å². The maximum atomic E-state index is 12.4. The maximum Gasteiger partial charge on any atom is 0.223 e. The van der Waals surface area contributed by atoms with Crippen LogP contribution in [0.25, 0.3) is 0 Å². The Morgan fingerprint density at radius 3 is 2.72 bits per heavy atom. The molecule has 2 aliphatic rings. The van der Waals surface area contributed by atoms with Crippen LogP contribution in [0.2, 0.25) is 0 Å². The van der Waals surface area contributed by atoms with E-state index >= 15 is 0 Å². The highest BCUT2D eigenvalue weighted by atomic mass is 32.2. The maximum absolute atomic E-state index is 12.4. The Bertz CT molecular complexity index is 694. The molecule has 8 nitrogen and oxygen atoms in total. The van der Waals surface area contributed by atoms with Crippen LogP contribution in [-0.4, -0.2) is 64.6 Å². The highest BCUT2D eigenvalue weighted by molar-refractivity contribution is 7.91. The first kappa shape index (κ1) is 18.3. The van der Waals surface area contributed by atoms with Gasteiger partial charge in [0.15, 0.2) is 15.7 Å². The van der Waals surface area contributed by atoms with E-state index in [2.05, 4.69) is 27.3 Å². The number of hydrogen-bond donors (Lipinski definition) is 1. The number of carbonyl (C=O) groups is 1. The summed E-state index contributed by atoms with van der Waals surface area (Å²) in [6.45, 7) is 4.93. The van der Waals surface area contributed by atoms with Crippen LogP contribution in [0.4, 0.5) is 0 Å². The Morgan fingerprint density at radius 2 is 2.08 bits per heavy atom. The number of hydrogen-bond acceptors (Lipinski definition) is 6. The molecule has 3 heterocycles. The van der Waals surface area contributed by atoms with Crippen molar-refractivity contribution < 1.29 is 13.2 Å². The van der Waals surface area contributed by atoms with Gasteiger partial charge in [0.25, 0.3) is 0 Å². The average molecular weight is 369 g/mol. The number of rotatable bonds is 6. The molecule has 0 bridgehead atoms. The molecule has 140 valence electrons. The molecular formula is C16H27N5O3S. The van der Waals surface area contributed by atoms with Crippen molar-refractivity contribution in [2.24, 2.45) is 5.92 Å². The van der Waals surface area contributed by atoms with Gasteiger partial charge in [-0.3, -0.25) is 9.69 Å². The zero-order chi connectivity index (χ0) is 17.9. The molecule has 1 N–H and O–H groups in total. The molecule has 0 aromatic carbocycles. The summed E-state index contributed by atoms with van der Waals surface area (Å²) in [5.41, 5.74) is 0. The van der Waals surface area contributed by atoms with Gasteiger partial charge in [-0.05, 0) is 38.8 Å². The lowest BCUT2D eigenvalue weighted by Gasteiger charge is -2.34. The van der Waals surface area contributed by atoms with Crippen molar-refractivity contribution in [3.05, 3.63) is 12.2 Å². The topological polar surface area (TPSA) is 97.2 Å². The molecular weight excluding hydrogens is 342 g/mol. The SMILES string of the molecule is CCCn1cnnc1CNC(=O)C1CCN([C@H]2CCS(=O)(=O)C2)CC1. The molecule has 1 atom stereocenters. The third kappa shape index (κ3) is 4.58. The van der Waals surface area contributed by atoms with Gasteiger partial charge in [-0.15, -0.1) is 10.2 Å². The molecule has 2 aliphatic heterocycles. The summed E-state index contributed by atoms with van der Waals surface area (Å²) in [4.78, 5) is 14.7. The summed E-state index contributed by atoms with van der Waals surface area (Å²) in [5.74, 6) is 1.42. The Kier molecular flexibility index (Phi) is 5.73. The number of likely N-dealkylation sites (tertiary alicyclic amines) is 1. The predicted octanol–water partition coefficient (Wildman–Crippen LogP) is 0.203. The summed E-state index contributed by atoms with van der Waals surface area (Å²) < 4.78 is 25.2. The third-order valence-corrected chi connectivity index (χ3v) is 6.96. The minimum Gasteiger partial charge on any atom is -0.349 e. The van der Waals surface area contributed by atoms with Crippen molar-refractivity contribution in [2.75, 3.05) is 24.6 Å². The number of carbonyl (C=O) groups excluding carboxylic acids is 1. The van der Waals surface area contributed by atoms with Crippen molar-refractivity contribution in [2.45, 2.75) is 51.7 Å². The van der Waals surface area contributed by atoms with Crippen LogP contribution >= 0.6 is 0 Å². The zero-order valence-corrected chi connectivity index (χ0v) is 15.5. The zero-order valence-electron chi connectivity index (χ0n) is 14.7. The van der Waals surface area contributed by atoms with Crippen LogP contribution in [0, 0.1) is 5.92 Å². The lowest BCUT2D eigenvalue weighted by molar-refractivity contribution is -0.126. The van der Waals surface area contributed by atoms with Gasteiger partial charge < -0.3 is 9.88 Å². The number of nitrogens with one attached hydrogen (secondary N) is 1. The van der Waals surface area contributed by atoms with E-state index in [4.69, 9.17) is 0 Å². The van der Waals surface area contributed by atoms with E-state index in [1.165, 1.54) is 0 Å². The Hall–Kier alpha value is -1.48. The van der Waals surface area contributed by atoms with E-state index in [1.807, 2.05) is 4.57 Å². The van der Waals surface area contributed by atoms with E-state index in [-0.39, 0.29) is 23.6 Å². The molecule has 9 heteroatoms. The molecule has 25 heavy (non-hydrogen) atoms. The van der Waals surface area contributed by atoms with Gasteiger partial charge in [-0.1, -0.05) is 6.92 Å². The van der Waals surface area contributed by atoms with Crippen molar-refractivity contribution in [1.29, 1.82) is 0 Å². The summed E-state index contributed by atoms with van der Waals surface area (Å²) in [5, 5.41) is 10.9. The summed E-state index contributed by atoms with van der Waals surface area (Å²) in [6, 6.07) is 0.140. The quantitative estimate of drug-likeness (QED) is 0.770. The highest BCUT2D eigenvalue weighted by Crippen LogP contribution is 2.24. The third-order valence-electron chi connectivity index (χ3n) is 5.21. The fourth-order valence-corrected chi connectivity index (χ4v) is 5.51. The second-order valence-electron chi connectivity index (χ2n) is 7.03. The number of nitrogens with zero attached hydrogens (tertiary/aromatic N) is 4. The van der Waals surface area contributed by atoms with Crippen LogP contribution in [0.3, 0.4) is 0 Å². The van der Waals surface area contributed by atoms with Crippen LogP contribution in [0.5, 0.6) is 0 Å². The number of amides is 1. The van der Waals surface area contributed by atoms with E-state index < -0.39 is 9.84 Å². The Labute approximate surface area is 148 Å². The van der Waals surface area contributed by atoms with Crippen molar-refractivity contribution in [1.82, 2.24) is 25.0 Å². The monoisotopic (exact) mass is 369 g/mol.